The van der Waals surface area contributed by atoms with E-state index in [1.807, 2.05) is 50.2 Å². The first-order valence-corrected chi connectivity index (χ1v) is 8.34. The lowest BCUT2D eigenvalue weighted by Crippen LogP contribution is -2.30. The first-order chi connectivity index (χ1) is 12.1. The van der Waals surface area contributed by atoms with Gasteiger partial charge in [-0.3, -0.25) is 9.89 Å². The number of H-pyrrole nitrogens is 1. The molecule has 1 heterocycles. The molecule has 0 aliphatic rings. The maximum absolute atomic E-state index is 12.6. The molecule has 1 aromatic heterocycles. The molecule has 0 fully saturated rings. The van der Waals surface area contributed by atoms with Crippen LogP contribution in [0.3, 0.4) is 0 Å². The monoisotopic (exact) mass is 338 g/mol. The number of methoxy groups -OCH3 is 1. The Balaban J connectivity index is 1.79. The molecule has 130 valence electrons. The summed E-state index contributed by atoms with van der Waals surface area (Å²) in [6.07, 6.45) is 1.02. The minimum absolute atomic E-state index is 0.0513. The highest BCUT2D eigenvalue weighted by atomic mass is 16.5. The van der Waals surface area contributed by atoms with Gasteiger partial charge >= 0.3 is 0 Å². The van der Waals surface area contributed by atoms with E-state index in [9.17, 15) is 4.79 Å². The van der Waals surface area contributed by atoms with Crippen molar-refractivity contribution in [1.29, 1.82) is 0 Å². The Labute approximate surface area is 146 Å². The maximum atomic E-state index is 12.6. The van der Waals surface area contributed by atoms with Gasteiger partial charge in [-0.1, -0.05) is 31.2 Å². The molecule has 0 saturated carbocycles. The summed E-state index contributed by atoms with van der Waals surface area (Å²) in [6, 6.07) is 11.7. The summed E-state index contributed by atoms with van der Waals surface area (Å²) in [5, 5.41) is 12.1. The fourth-order valence-electron chi connectivity index (χ4n) is 2.88. The Morgan fingerprint density at radius 1 is 1.32 bits per heavy atom. The highest BCUT2D eigenvalue weighted by Gasteiger charge is 2.17. The molecule has 0 bridgehead atoms. The molecule has 0 saturated heterocycles. The molecule has 3 aromatic rings. The molecule has 0 aliphatic carbocycles. The number of ether oxygens (including phenoxy) is 1. The van der Waals surface area contributed by atoms with Gasteiger partial charge in [0.2, 0.25) is 5.91 Å². The van der Waals surface area contributed by atoms with Gasteiger partial charge in [0, 0.05) is 0 Å². The first-order valence-electron chi connectivity index (χ1n) is 8.34. The van der Waals surface area contributed by atoms with Gasteiger partial charge in [0.1, 0.15) is 11.6 Å². The van der Waals surface area contributed by atoms with Crippen LogP contribution < -0.4 is 10.1 Å². The third-order valence-corrected chi connectivity index (χ3v) is 4.20. The first kappa shape index (κ1) is 17.0. The van der Waals surface area contributed by atoms with Crippen LogP contribution in [-0.4, -0.2) is 28.2 Å². The van der Waals surface area contributed by atoms with E-state index in [0.717, 1.165) is 34.3 Å². The topological polar surface area (TPSA) is 79.9 Å². The third kappa shape index (κ3) is 3.79. The molecule has 3 rings (SSSR count). The van der Waals surface area contributed by atoms with Crippen molar-refractivity contribution in [3.8, 4) is 5.75 Å². The van der Waals surface area contributed by atoms with E-state index in [-0.39, 0.29) is 11.9 Å². The number of rotatable bonds is 6. The zero-order valence-electron chi connectivity index (χ0n) is 14.7. The van der Waals surface area contributed by atoms with E-state index in [1.54, 1.807) is 7.11 Å². The minimum atomic E-state index is -0.193. The molecular formula is C19H22N4O2. The van der Waals surface area contributed by atoms with Crippen LogP contribution in [0, 0.1) is 6.92 Å². The zero-order valence-corrected chi connectivity index (χ0v) is 14.7. The number of nitrogens with one attached hydrogen (secondary N) is 2. The molecule has 2 aromatic carbocycles. The van der Waals surface area contributed by atoms with Crippen molar-refractivity contribution in [2.75, 3.05) is 7.11 Å². The summed E-state index contributed by atoms with van der Waals surface area (Å²) in [5.41, 5.74) is 0.968. The van der Waals surface area contributed by atoms with Gasteiger partial charge in [-0.15, -0.1) is 0 Å². The summed E-state index contributed by atoms with van der Waals surface area (Å²) in [5.74, 6) is 2.09. The Hall–Kier alpha value is -2.89. The fraction of sp³-hybridized carbons (Fsp3) is 0.316. The van der Waals surface area contributed by atoms with Crippen LogP contribution in [-0.2, 0) is 11.2 Å². The average Bonchev–Trinajstić information content (AvgIpc) is 3.05. The number of benzene rings is 2. The average molecular weight is 338 g/mol. The number of aromatic amines is 1. The van der Waals surface area contributed by atoms with Gasteiger partial charge < -0.3 is 10.1 Å². The largest absolute Gasteiger partial charge is 0.497 e. The van der Waals surface area contributed by atoms with E-state index in [1.165, 1.54) is 0 Å². The summed E-state index contributed by atoms with van der Waals surface area (Å²) >= 11 is 0. The third-order valence-electron chi connectivity index (χ3n) is 4.20. The lowest BCUT2D eigenvalue weighted by molar-refractivity contribution is -0.121. The van der Waals surface area contributed by atoms with Crippen LogP contribution in [0.2, 0.25) is 0 Å². The molecule has 0 radical (unpaired) electrons. The second kappa shape index (κ2) is 7.34. The Morgan fingerprint density at radius 2 is 2.16 bits per heavy atom. The standard InChI is InChI=1S/C19H22N4O2/c1-4-17(19-20-12(2)22-23-19)21-18(24)10-14-7-5-6-13-8-9-15(25-3)11-16(13)14/h5-9,11,17H,4,10H2,1-3H3,(H,21,24)(H,20,22,23). The number of carbonyl (C=O) groups is 1. The smallest absolute Gasteiger partial charge is 0.225 e. The molecule has 1 unspecified atom stereocenters. The van der Waals surface area contributed by atoms with E-state index in [0.29, 0.717) is 12.2 Å². The lowest BCUT2D eigenvalue weighted by atomic mass is 10.0. The molecule has 6 heteroatoms. The Kier molecular flexibility index (Phi) is 4.97. The van der Waals surface area contributed by atoms with Crippen molar-refractivity contribution in [2.45, 2.75) is 32.7 Å². The highest BCUT2D eigenvalue weighted by Crippen LogP contribution is 2.24. The molecule has 0 aliphatic heterocycles. The normalized spacial score (nSPS) is 12.1. The SMILES string of the molecule is CCC(NC(=O)Cc1cccc2ccc(OC)cc12)c1n[nH]c(C)n1. The molecule has 2 N–H and O–H groups in total. The van der Waals surface area contributed by atoms with Crippen LogP contribution >= 0.6 is 0 Å². The van der Waals surface area contributed by atoms with E-state index < -0.39 is 0 Å². The number of amides is 1. The second-order valence-electron chi connectivity index (χ2n) is 5.99. The van der Waals surface area contributed by atoms with Gasteiger partial charge in [0.05, 0.1) is 19.6 Å². The molecule has 1 amide bonds. The zero-order chi connectivity index (χ0) is 17.8. The quantitative estimate of drug-likeness (QED) is 0.724. The molecular weight excluding hydrogens is 316 g/mol. The Morgan fingerprint density at radius 3 is 2.84 bits per heavy atom. The number of hydrogen-bond acceptors (Lipinski definition) is 4. The van der Waals surface area contributed by atoms with Crippen LogP contribution in [0.1, 0.15) is 36.6 Å². The summed E-state index contributed by atoms with van der Waals surface area (Å²) in [4.78, 5) is 16.9. The van der Waals surface area contributed by atoms with Crippen LogP contribution in [0.25, 0.3) is 10.8 Å². The van der Waals surface area contributed by atoms with Gasteiger partial charge in [0.25, 0.3) is 0 Å². The van der Waals surface area contributed by atoms with Crippen molar-refractivity contribution in [3.05, 3.63) is 53.6 Å². The maximum Gasteiger partial charge on any atom is 0.225 e. The molecule has 6 nitrogen and oxygen atoms in total. The number of nitrogens with zero attached hydrogens (tertiary/aromatic N) is 2. The van der Waals surface area contributed by atoms with Crippen LogP contribution in [0.5, 0.6) is 5.75 Å². The minimum Gasteiger partial charge on any atom is -0.497 e. The Bertz CT molecular complexity index is 888. The molecule has 0 spiro atoms. The van der Waals surface area contributed by atoms with Crippen molar-refractivity contribution in [1.82, 2.24) is 20.5 Å². The van der Waals surface area contributed by atoms with E-state index >= 15 is 0 Å². The van der Waals surface area contributed by atoms with E-state index in [2.05, 4.69) is 20.5 Å². The van der Waals surface area contributed by atoms with Crippen LogP contribution in [0.15, 0.2) is 36.4 Å². The summed E-state index contributed by atoms with van der Waals surface area (Å²) < 4.78 is 5.30. The van der Waals surface area contributed by atoms with Gasteiger partial charge in [0.15, 0.2) is 5.82 Å². The number of aryl methyl sites for hydroxylation is 1. The number of fused-ring (bicyclic) bond motifs is 1. The molecule has 1 atom stereocenters. The molecule has 25 heavy (non-hydrogen) atoms. The summed E-state index contributed by atoms with van der Waals surface area (Å²) in [7, 11) is 1.64. The van der Waals surface area contributed by atoms with E-state index in [4.69, 9.17) is 4.74 Å². The lowest BCUT2D eigenvalue weighted by Gasteiger charge is -2.14. The summed E-state index contributed by atoms with van der Waals surface area (Å²) in [6.45, 7) is 3.84. The van der Waals surface area contributed by atoms with Crippen LogP contribution in [0.4, 0.5) is 0 Å². The van der Waals surface area contributed by atoms with Crippen molar-refractivity contribution < 1.29 is 9.53 Å². The second-order valence-corrected chi connectivity index (χ2v) is 5.99. The predicted octanol–water partition coefficient (Wildman–Crippen LogP) is 3.08. The predicted molar refractivity (Wildman–Crippen MR) is 96.5 cm³/mol. The highest BCUT2D eigenvalue weighted by molar-refractivity contribution is 5.91. The fourth-order valence-corrected chi connectivity index (χ4v) is 2.88. The van der Waals surface area contributed by atoms with Crippen molar-refractivity contribution in [2.24, 2.45) is 0 Å². The van der Waals surface area contributed by atoms with Gasteiger partial charge in [-0.2, -0.15) is 5.10 Å². The number of aromatic nitrogens is 3. The van der Waals surface area contributed by atoms with Gasteiger partial charge in [-0.25, -0.2) is 4.98 Å². The van der Waals surface area contributed by atoms with Crippen molar-refractivity contribution in [3.63, 3.8) is 0 Å². The number of hydrogen-bond donors (Lipinski definition) is 2. The number of carbonyl (C=O) groups excluding carboxylic acids is 1. The van der Waals surface area contributed by atoms with Crippen molar-refractivity contribution >= 4 is 16.7 Å². The van der Waals surface area contributed by atoms with Gasteiger partial charge in [-0.05, 0) is 41.8 Å².